The molecular weight excluding hydrogens is 206 g/mol. The van der Waals surface area contributed by atoms with Gasteiger partial charge in [-0.2, -0.15) is 0 Å². The van der Waals surface area contributed by atoms with Crippen LogP contribution in [0.2, 0.25) is 0 Å². The SMILES string of the molecule is Cc1cccc(-c2cccc3cccnc23)c1. The molecule has 0 aliphatic carbocycles. The number of para-hydroxylation sites is 1. The van der Waals surface area contributed by atoms with Crippen LogP contribution in [-0.4, -0.2) is 4.98 Å². The fourth-order valence-corrected chi connectivity index (χ4v) is 2.15. The van der Waals surface area contributed by atoms with E-state index >= 15 is 0 Å². The van der Waals surface area contributed by atoms with Gasteiger partial charge in [-0.15, -0.1) is 0 Å². The van der Waals surface area contributed by atoms with Crippen LogP contribution in [0.25, 0.3) is 22.0 Å². The molecule has 2 aromatic carbocycles. The zero-order valence-corrected chi connectivity index (χ0v) is 9.72. The van der Waals surface area contributed by atoms with E-state index in [1.165, 1.54) is 22.1 Å². The highest BCUT2D eigenvalue weighted by atomic mass is 14.6. The van der Waals surface area contributed by atoms with E-state index in [1.54, 1.807) is 0 Å². The second kappa shape index (κ2) is 4.02. The monoisotopic (exact) mass is 219 g/mol. The fraction of sp³-hybridized carbons (Fsp3) is 0.0625. The first-order chi connectivity index (χ1) is 8.34. The summed E-state index contributed by atoms with van der Waals surface area (Å²) in [5.41, 5.74) is 4.78. The van der Waals surface area contributed by atoms with Crippen molar-refractivity contribution in [2.45, 2.75) is 6.92 Å². The molecule has 0 aliphatic rings. The summed E-state index contributed by atoms with van der Waals surface area (Å²) in [6.07, 6.45) is 1.85. The minimum atomic E-state index is 1.07. The first-order valence-electron chi connectivity index (χ1n) is 5.75. The van der Waals surface area contributed by atoms with Crippen molar-refractivity contribution in [1.82, 2.24) is 4.98 Å². The van der Waals surface area contributed by atoms with Gasteiger partial charge in [-0.3, -0.25) is 4.98 Å². The van der Waals surface area contributed by atoms with Crippen LogP contribution in [0, 0.1) is 6.92 Å². The zero-order valence-electron chi connectivity index (χ0n) is 9.72. The van der Waals surface area contributed by atoms with Crippen LogP contribution in [0.1, 0.15) is 5.56 Å². The molecule has 0 bridgehead atoms. The van der Waals surface area contributed by atoms with Crippen molar-refractivity contribution in [1.29, 1.82) is 0 Å². The van der Waals surface area contributed by atoms with E-state index < -0.39 is 0 Å². The molecule has 3 rings (SSSR count). The summed E-state index contributed by atoms with van der Waals surface area (Å²) < 4.78 is 0. The van der Waals surface area contributed by atoms with Gasteiger partial charge in [0.2, 0.25) is 0 Å². The van der Waals surface area contributed by atoms with E-state index in [2.05, 4.69) is 60.4 Å². The maximum absolute atomic E-state index is 4.49. The highest BCUT2D eigenvalue weighted by Crippen LogP contribution is 2.27. The smallest absolute Gasteiger partial charge is 0.0780 e. The number of nitrogens with zero attached hydrogens (tertiary/aromatic N) is 1. The molecule has 0 N–H and O–H groups in total. The lowest BCUT2D eigenvalue weighted by Gasteiger charge is -2.06. The van der Waals surface area contributed by atoms with E-state index in [9.17, 15) is 0 Å². The molecule has 1 nitrogen and oxygen atoms in total. The summed E-state index contributed by atoms with van der Waals surface area (Å²) in [5.74, 6) is 0. The summed E-state index contributed by atoms with van der Waals surface area (Å²) in [5, 5.41) is 1.19. The van der Waals surface area contributed by atoms with Crippen LogP contribution < -0.4 is 0 Å². The third-order valence-corrected chi connectivity index (χ3v) is 2.96. The van der Waals surface area contributed by atoms with Crippen molar-refractivity contribution >= 4 is 10.9 Å². The molecule has 1 heteroatoms. The Labute approximate surface area is 101 Å². The Morgan fingerprint density at radius 3 is 2.59 bits per heavy atom. The number of rotatable bonds is 1. The zero-order chi connectivity index (χ0) is 11.7. The van der Waals surface area contributed by atoms with Gasteiger partial charge in [-0.05, 0) is 18.6 Å². The Kier molecular flexibility index (Phi) is 2.37. The van der Waals surface area contributed by atoms with Crippen molar-refractivity contribution < 1.29 is 0 Å². The van der Waals surface area contributed by atoms with Crippen molar-refractivity contribution in [2.24, 2.45) is 0 Å². The Morgan fingerprint density at radius 1 is 0.882 bits per heavy atom. The van der Waals surface area contributed by atoms with Crippen LogP contribution in [-0.2, 0) is 0 Å². The Balaban J connectivity index is 2.30. The van der Waals surface area contributed by atoms with Crippen LogP contribution in [0.5, 0.6) is 0 Å². The molecule has 0 saturated carbocycles. The predicted octanol–water partition coefficient (Wildman–Crippen LogP) is 4.21. The molecule has 0 saturated heterocycles. The normalized spacial score (nSPS) is 10.6. The molecule has 0 unspecified atom stereocenters. The molecular formula is C16H13N. The van der Waals surface area contributed by atoms with Gasteiger partial charge in [0, 0.05) is 17.1 Å². The quantitative estimate of drug-likeness (QED) is 0.597. The maximum atomic E-state index is 4.49. The Morgan fingerprint density at radius 2 is 1.71 bits per heavy atom. The average Bonchev–Trinajstić information content (AvgIpc) is 2.38. The average molecular weight is 219 g/mol. The van der Waals surface area contributed by atoms with E-state index in [-0.39, 0.29) is 0 Å². The minimum absolute atomic E-state index is 1.07. The van der Waals surface area contributed by atoms with Crippen LogP contribution in [0.3, 0.4) is 0 Å². The van der Waals surface area contributed by atoms with Gasteiger partial charge in [0.05, 0.1) is 5.52 Å². The molecule has 3 aromatic rings. The van der Waals surface area contributed by atoms with Gasteiger partial charge >= 0.3 is 0 Å². The molecule has 1 heterocycles. The number of benzene rings is 2. The molecule has 1 aromatic heterocycles. The second-order valence-corrected chi connectivity index (χ2v) is 4.25. The lowest BCUT2D eigenvalue weighted by molar-refractivity contribution is 1.40. The highest BCUT2D eigenvalue weighted by molar-refractivity contribution is 5.93. The van der Waals surface area contributed by atoms with E-state index in [0.717, 1.165) is 5.52 Å². The van der Waals surface area contributed by atoms with Crippen LogP contribution in [0.15, 0.2) is 60.8 Å². The van der Waals surface area contributed by atoms with Gasteiger partial charge in [-0.1, -0.05) is 54.1 Å². The first-order valence-corrected chi connectivity index (χ1v) is 5.75. The predicted molar refractivity (Wildman–Crippen MR) is 71.9 cm³/mol. The first kappa shape index (κ1) is 10.0. The molecule has 0 radical (unpaired) electrons. The lowest BCUT2D eigenvalue weighted by atomic mass is 10.0. The topological polar surface area (TPSA) is 12.9 Å². The number of hydrogen-bond acceptors (Lipinski definition) is 1. The lowest BCUT2D eigenvalue weighted by Crippen LogP contribution is -1.84. The summed E-state index contributed by atoms with van der Waals surface area (Å²) in [4.78, 5) is 4.49. The summed E-state index contributed by atoms with van der Waals surface area (Å²) in [6, 6.07) is 18.9. The van der Waals surface area contributed by atoms with Crippen molar-refractivity contribution in [3.63, 3.8) is 0 Å². The van der Waals surface area contributed by atoms with E-state index in [4.69, 9.17) is 0 Å². The molecule has 82 valence electrons. The molecule has 0 spiro atoms. The van der Waals surface area contributed by atoms with Crippen LogP contribution >= 0.6 is 0 Å². The Hall–Kier alpha value is -2.15. The second-order valence-electron chi connectivity index (χ2n) is 4.25. The molecule has 17 heavy (non-hydrogen) atoms. The number of pyridine rings is 1. The van der Waals surface area contributed by atoms with Gasteiger partial charge in [0.15, 0.2) is 0 Å². The molecule has 0 aliphatic heterocycles. The van der Waals surface area contributed by atoms with Crippen LogP contribution in [0.4, 0.5) is 0 Å². The summed E-state index contributed by atoms with van der Waals surface area (Å²) >= 11 is 0. The maximum Gasteiger partial charge on any atom is 0.0780 e. The molecule has 0 amide bonds. The fourth-order valence-electron chi connectivity index (χ4n) is 2.15. The van der Waals surface area contributed by atoms with Gasteiger partial charge in [-0.25, -0.2) is 0 Å². The summed E-state index contributed by atoms with van der Waals surface area (Å²) in [6.45, 7) is 2.11. The highest BCUT2D eigenvalue weighted by Gasteiger charge is 2.03. The van der Waals surface area contributed by atoms with Gasteiger partial charge in [0.1, 0.15) is 0 Å². The van der Waals surface area contributed by atoms with Gasteiger partial charge in [0.25, 0.3) is 0 Å². The summed E-state index contributed by atoms with van der Waals surface area (Å²) in [7, 11) is 0. The third kappa shape index (κ3) is 1.80. The van der Waals surface area contributed by atoms with E-state index in [1.807, 2.05) is 12.3 Å². The number of aromatic nitrogens is 1. The number of aryl methyl sites for hydroxylation is 1. The van der Waals surface area contributed by atoms with Crippen molar-refractivity contribution in [3.8, 4) is 11.1 Å². The molecule has 0 fully saturated rings. The largest absolute Gasteiger partial charge is 0.256 e. The number of fused-ring (bicyclic) bond motifs is 1. The van der Waals surface area contributed by atoms with Crippen molar-refractivity contribution in [3.05, 3.63) is 66.4 Å². The molecule has 0 atom stereocenters. The van der Waals surface area contributed by atoms with Crippen molar-refractivity contribution in [2.75, 3.05) is 0 Å². The minimum Gasteiger partial charge on any atom is -0.256 e. The third-order valence-electron chi connectivity index (χ3n) is 2.96. The van der Waals surface area contributed by atoms with Gasteiger partial charge < -0.3 is 0 Å². The number of hydrogen-bond donors (Lipinski definition) is 0. The Bertz CT molecular complexity index is 666. The van der Waals surface area contributed by atoms with E-state index in [0.29, 0.717) is 0 Å². The standard InChI is InChI=1S/C16H13N/c1-12-5-2-7-14(11-12)15-9-3-6-13-8-4-10-17-16(13)15/h2-11H,1H3.